The lowest BCUT2D eigenvalue weighted by Gasteiger charge is -2.33. The van der Waals surface area contributed by atoms with Gasteiger partial charge in [0, 0.05) is 50.8 Å². The van der Waals surface area contributed by atoms with Gasteiger partial charge in [-0.25, -0.2) is 4.98 Å². The number of aromatic nitrogens is 2. The van der Waals surface area contributed by atoms with Crippen LogP contribution in [0.1, 0.15) is 36.7 Å². The van der Waals surface area contributed by atoms with Gasteiger partial charge in [-0.15, -0.1) is 0 Å². The molecule has 4 heteroatoms. The van der Waals surface area contributed by atoms with Crippen molar-refractivity contribution >= 4 is 5.69 Å². The molecule has 2 aromatic rings. The highest BCUT2D eigenvalue weighted by molar-refractivity contribution is 5.59. The molecule has 1 atom stereocenters. The minimum atomic E-state index is 0.742. The summed E-state index contributed by atoms with van der Waals surface area (Å²) in [6.45, 7) is 11.3. The van der Waals surface area contributed by atoms with Crippen LogP contribution in [0.15, 0.2) is 30.6 Å². The van der Waals surface area contributed by atoms with E-state index in [2.05, 4.69) is 57.6 Å². The van der Waals surface area contributed by atoms with Gasteiger partial charge in [0.15, 0.2) is 0 Å². The first kappa shape index (κ1) is 16.6. The van der Waals surface area contributed by atoms with E-state index < -0.39 is 0 Å². The largest absolute Gasteiger partial charge is 0.371 e. The third kappa shape index (κ3) is 3.59. The summed E-state index contributed by atoms with van der Waals surface area (Å²) >= 11 is 0. The first-order valence-electron chi connectivity index (χ1n) is 9.79. The molecule has 0 saturated carbocycles. The number of likely N-dealkylation sites (N-methyl/N-ethyl adjacent to an activating group) is 1. The highest BCUT2D eigenvalue weighted by Crippen LogP contribution is 2.29. The van der Waals surface area contributed by atoms with E-state index in [1.54, 1.807) is 5.56 Å². The number of rotatable bonds is 5. The number of hydrogen-bond donors (Lipinski definition) is 0. The Hall–Kier alpha value is -1.81. The molecule has 134 valence electrons. The van der Waals surface area contributed by atoms with Crippen LogP contribution >= 0.6 is 0 Å². The van der Waals surface area contributed by atoms with Crippen LogP contribution in [0, 0.1) is 12.8 Å². The van der Waals surface area contributed by atoms with Crippen molar-refractivity contribution in [3.63, 3.8) is 0 Å². The average molecular weight is 338 g/mol. The molecule has 1 saturated heterocycles. The molecule has 0 aliphatic carbocycles. The van der Waals surface area contributed by atoms with Crippen molar-refractivity contribution in [2.24, 2.45) is 5.92 Å². The molecule has 0 spiro atoms. The van der Waals surface area contributed by atoms with Crippen molar-refractivity contribution in [1.29, 1.82) is 0 Å². The number of aryl methyl sites for hydroxylation is 1. The van der Waals surface area contributed by atoms with Crippen LogP contribution in [0.2, 0.25) is 0 Å². The second kappa shape index (κ2) is 7.20. The molecule has 0 amide bonds. The molecule has 0 unspecified atom stereocenters. The van der Waals surface area contributed by atoms with Crippen molar-refractivity contribution in [2.45, 2.75) is 46.2 Å². The molecule has 4 rings (SSSR count). The number of imidazole rings is 1. The second-order valence-corrected chi connectivity index (χ2v) is 7.66. The van der Waals surface area contributed by atoms with Gasteiger partial charge in [0.1, 0.15) is 5.82 Å². The number of likely N-dealkylation sites (tertiary alicyclic amines) is 1. The molecule has 0 N–H and O–H groups in total. The standard InChI is InChI=1S/C21H30N4/c1-3-24-11-8-20-13-18(6-7-21(20)24)14-23-10-4-5-19(15-23)16-25-12-9-22-17(25)2/h6-7,9,12-13,19H,3-5,8,10-11,14-16H2,1-2H3/t19-/m1/s1. The van der Waals surface area contributed by atoms with Crippen LogP contribution in [-0.4, -0.2) is 40.6 Å². The van der Waals surface area contributed by atoms with Crippen molar-refractivity contribution in [3.05, 3.63) is 47.5 Å². The maximum Gasteiger partial charge on any atom is 0.105 e. The summed E-state index contributed by atoms with van der Waals surface area (Å²) in [4.78, 5) is 9.50. The molecule has 1 aromatic heterocycles. The van der Waals surface area contributed by atoms with Crippen LogP contribution in [0.4, 0.5) is 5.69 Å². The molecular weight excluding hydrogens is 308 g/mol. The van der Waals surface area contributed by atoms with Crippen LogP contribution < -0.4 is 4.90 Å². The third-order valence-electron chi connectivity index (χ3n) is 5.91. The van der Waals surface area contributed by atoms with Gasteiger partial charge in [0.05, 0.1) is 0 Å². The maximum absolute atomic E-state index is 4.36. The van der Waals surface area contributed by atoms with Gasteiger partial charge in [-0.2, -0.15) is 0 Å². The predicted molar refractivity (Wildman–Crippen MR) is 103 cm³/mol. The van der Waals surface area contributed by atoms with E-state index in [1.807, 2.05) is 6.20 Å². The summed E-state index contributed by atoms with van der Waals surface area (Å²) in [5.74, 6) is 1.88. The Morgan fingerprint density at radius 3 is 2.96 bits per heavy atom. The predicted octanol–water partition coefficient (Wildman–Crippen LogP) is 3.49. The zero-order valence-electron chi connectivity index (χ0n) is 15.6. The van der Waals surface area contributed by atoms with Gasteiger partial charge in [-0.05, 0) is 62.8 Å². The Morgan fingerprint density at radius 1 is 1.24 bits per heavy atom. The molecule has 2 aliphatic rings. The van der Waals surface area contributed by atoms with E-state index in [4.69, 9.17) is 0 Å². The smallest absolute Gasteiger partial charge is 0.105 e. The van der Waals surface area contributed by atoms with Crippen LogP contribution in [0.25, 0.3) is 0 Å². The number of hydrogen-bond acceptors (Lipinski definition) is 3. The molecule has 3 heterocycles. The van der Waals surface area contributed by atoms with Crippen molar-refractivity contribution in [1.82, 2.24) is 14.5 Å². The molecule has 1 fully saturated rings. The Morgan fingerprint density at radius 2 is 2.16 bits per heavy atom. The van der Waals surface area contributed by atoms with Gasteiger partial charge < -0.3 is 9.47 Å². The molecule has 4 nitrogen and oxygen atoms in total. The zero-order valence-corrected chi connectivity index (χ0v) is 15.6. The number of anilines is 1. The highest BCUT2D eigenvalue weighted by atomic mass is 15.2. The molecule has 2 aliphatic heterocycles. The first-order valence-corrected chi connectivity index (χ1v) is 9.79. The average Bonchev–Trinajstić information content (AvgIpc) is 3.21. The number of fused-ring (bicyclic) bond motifs is 1. The Balaban J connectivity index is 1.38. The van der Waals surface area contributed by atoms with Gasteiger partial charge in [0.2, 0.25) is 0 Å². The van der Waals surface area contributed by atoms with Crippen molar-refractivity contribution < 1.29 is 0 Å². The van der Waals surface area contributed by atoms with Gasteiger partial charge in [0.25, 0.3) is 0 Å². The summed E-state index contributed by atoms with van der Waals surface area (Å²) in [6.07, 6.45) is 7.89. The minimum Gasteiger partial charge on any atom is -0.371 e. The normalized spacial score (nSPS) is 20.9. The van der Waals surface area contributed by atoms with Gasteiger partial charge in [-0.1, -0.05) is 12.1 Å². The minimum absolute atomic E-state index is 0.742. The monoisotopic (exact) mass is 338 g/mol. The third-order valence-corrected chi connectivity index (χ3v) is 5.91. The van der Waals surface area contributed by atoms with E-state index >= 15 is 0 Å². The highest BCUT2D eigenvalue weighted by Gasteiger charge is 2.22. The zero-order chi connectivity index (χ0) is 17.2. The van der Waals surface area contributed by atoms with E-state index in [0.717, 1.165) is 31.4 Å². The lowest BCUT2D eigenvalue weighted by Crippen LogP contribution is -2.36. The quantitative estimate of drug-likeness (QED) is 0.834. The Labute approximate surface area is 151 Å². The SMILES string of the molecule is CCN1CCc2cc(CN3CCC[C@@H](Cn4ccnc4C)C3)ccc21. The summed E-state index contributed by atoms with van der Waals surface area (Å²) in [7, 11) is 0. The fourth-order valence-corrected chi connectivity index (χ4v) is 4.53. The van der Waals surface area contributed by atoms with Gasteiger partial charge in [-0.3, -0.25) is 4.90 Å². The molecule has 0 radical (unpaired) electrons. The van der Waals surface area contributed by atoms with E-state index in [-0.39, 0.29) is 0 Å². The maximum atomic E-state index is 4.36. The van der Waals surface area contributed by atoms with Crippen LogP contribution in [-0.2, 0) is 19.5 Å². The number of benzene rings is 1. The van der Waals surface area contributed by atoms with Crippen molar-refractivity contribution in [3.8, 4) is 0 Å². The van der Waals surface area contributed by atoms with Crippen molar-refractivity contribution in [2.75, 3.05) is 31.1 Å². The van der Waals surface area contributed by atoms with E-state index in [1.165, 1.54) is 50.1 Å². The van der Waals surface area contributed by atoms with Crippen LogP contribution in [0.5, 0.6) is 0 Å². The molecule has 25 heavy (non-hydrogen) atoms. The van der Waals surface area contributed by atoms with Gasteiger partial charge >= 0.3 is 0 Å². The summed E-state index contributed by atoms with van der Waals surface area (Å²) < 4.78 is 2.31. The van der Waals surface area contributed by atoms with E-state index in [9.17, 15) is 0 Å². The summed E-state index contributed by atoms with van der Waals surface area (Å²) in [5, 5.41) is 0. The fraction of sp³-hybridized carbons (Fsp3) is 0.571. The number of piperidine rings is 1. The lowest BCUT2D eigenvalue weighted by atomic mass is 9.97. The number of nitrogens with zero attached hydrogens (tertiary/aromatic N) is 4. The lowest BCUT2D eigenvalue weighted by molar-refractivity contribution is 0.155. The Kier molecular flexibility index (Phi) is 4.80. The first-order chi connectivity index (χ1) is 12.2. The second-order valence-electron chi connectivity index (χ2n) is 7.66. The topological polar surface area (TPSA) is 24.3 Å². The van der Waals surface area contributed by atoms with E-state index in [0.29, 0.717) is 0 Å². The molecule has 1 aromatic carbocycles. The molecular formula is C21H30N4. The molecule has 0 bridgehead atoms. The summed E-state index contributed by atoms with van der Waals surface area (Å²) in [5.41, 5.74) is 4.48. The Bertz CT molecular complexity index is 720. The fourth-order valence-electron chi connectivity index (χ4n) is 4.53. The van der Waals surface area contributed by atoms with Crippen LogP contribution in [0.3, 0.4) is 0 Å². The summed E-state index contributed by atoms with van der Waals surface area (Å²) in [6, 6.07) is 7.14.